The fraction of sp³-hybridized carbons (Fsp3) is 0.375. The van der Waals surface area contributed by atoms with Gasteiger partial charge < -0.3 is 9.47 Å². The number of hydrogen-bond acceptors (Lipinski definition) is 4. The summed E-state index contributed by atoms with van der Waals surface area (Å²) < 4.78 is 10.2. The zero-order chi connectivity index (χ0) is 21.3. The summed E-state index contributed by atoms with van der Waals surface area (Å²) in [7, 11) is 0. The number of nitrogens with zero attached hydrogens (tertiary/aromatic N) is 1. The van der Waals surface area contributed by atoms with E-state index in [1.54, 1.807) is 27.7 Å². The molecular formula is C24H29NO4. The molecule has 0 atom stereocenters. The van der Waals surface area contributed by atoms with Crippen molar-refractivity contribution in [2.24, 2.45) is 4.99 Å². The Hall–Kier alpha value is -2.95. The molecule has 0 saturated carbocycles. The Balaban J connectivity index is 1.98. The highest BCUT2D eigenvalue weighted by Crippen LogP contribution is 2.20. The molecule has 0 heterocycles. The van der Waals surface area contributed by atoms with E-state index in [0.717, 1.165) is 17.5 Å². The largest absolute Gasteiger partial charge is 0.462 e. The molecule has 0 N–H and O–H groups in total. The van der Waals surface area contributed by atoms with Gasteiger partial charge in [0.1, 0.15) is 11.3 Å². The van der Waals surface area contributed by atoms with Gasteiger partial charge in [0.15, 0.2) is 0 Å². The summed E-state index contributed by atoms with van der Waals surface area (Å²) in [5, 5.41) is 0. The Bertz CT molecular complexity index is 833. The SMILES string of the molecule is CCOC(=O)C(CCCc1ccc(-c2ccccc2)cc1)=NC(=O)OC(C)(C)C. The van der Waals surface area contributed by atoms with Gasteiger partial charge >= 0.3 is 12.1 Å². The van der Waals surface area contributed by atoms with Gasteiger partial charge in [-0.3, -0.25) is 0 Å². The molecule has 0 aliphatic rings. The third-order valence-corrected chi connectivity index (χ3v) is 4.07. The van der Waals surface area contributed by atoms with Crippen LogP contribution in [0.25, 0.3) is 11.1 Å². The molecule has 0 spiro atoms. The van der Waals surface area contributed by atoms with Crippen LogP contribution in [0.15, 0.2) is 59.6 Å². The summed E-state index contributed by atoms with van der Waals surface area (Å²) in [6, 6.07) is 18.5. The average molecular weight is 395 g/mol. The lowest BCUT2D eigenvalue weighted by Crippen LogP contribution is -2.25. The maximum atomic E-state index is 12.1. The fourth-order valence-electron chi connectivity index (χ4n) is 2.77. The number of aryl methyl sites for hydroxylation is 1. The molecule has 2 aromatic carbocycles. The van der Waals surface area contributed by atoms with Crippen LogP contribution in [-0.4, -0.2) is 30.0 Å². The van der Waals surface area contributed by atoms with Crippen LogP contribution in [0.3, 0.4) is 0 Å². The predicted molar refractivity (Wildman–Crippen MR) is 115 cm³/mol. The molecule has 29 heavy (non-hydrogen) atoms. The molecule has 0 fully saturated rings. The average Bonchev–Trinajstić information content (AvgIpc) is 2.67. The fourth-order valence-corrected chi connectivity index (χ4v) is 2.77. The number of carbonyl (C=O) groups excluding carboxylic acids is 2. The third kappa shape index (κ3) is 7.90. The minimum absolute atomic E-state index is 0.0991. The van der Waals surface area contributed by atoms with Crippen LogP contribution in [-0.2, 0) is 20.7 Å². The van der Waals surface area contributed by atoms with Crippen molar-refractivity contribution in [1.29, 1.82) is 0 Å². The smallest absolute Gasteiger partial charge is 0.434 e. The second-order valence-electron chi connectivity index (χ2n) is 7.68. The van der Waals surface area contributed by atoms with Crippen molar-refractivity contribution in [3.05, 3.63) is 60.2 Å². The molecule has 0 aromatic heterocycles. The Morgan fingerprint density at radius 2 is 1.55 bits per heavy atom. The molecular weight excluding hydrogens is 366 g/mol. The topological polar surface area (TPSA) is 65.0 Å². The van der Waals surface area contributed by atoms with E-state index in [2.05, 4.69) is 41.4 Å². The molecule has 0 radical (unpaired) electrons. The maximum Gasteiger partial charge on any atom is 0.434 e. The highest BCUT2D eigenvalue weighted by atomic mass is 16.6. The highest BCUT2D eigenvalue weighted by Gasteiger charge is 2.19. The van der Waals surface area contributed by atoms with Gasteiger partial charge in [0, 0.05) is 0 Å². The standard InChI is InChI=1S/C24H29NO4/c1-5-28-22(26)21(25-23(27)29-24(2,3)4)13-9-10-18-14-16-20(17-15-18)19-11-7-6-8-12-19/h6-8,11-12,14-17H,5,9-10,13H2,1-4H3. The van der Waals surface area contributed by atoms with Gasteiger partial charge in [-0.15, -0.1) is 0 Å². The highest BCUT2D eigenvalue weighted by molar-refractivity contribution is 6.37. The van der Waals surface area contributed by atoms with Crippen LogP contribution in [0.1, 0.15) is 46.1 Å². The number of ether oxygens (including phenoxy) is 2. The molecule has 154 valence electrons. The first kappa shape index (κ1) is 22.3. The summed E-state index contributed by atoms with van der Waals surface area (Å²) in [5.41, 5.74) is 2.93. The van der Waals surface area contributed by atoms with E-state index in [1.807, 2.05) is 18.2 Å². The van der Waals surface area contributed by atoms with Crippen LogP contribution < -0.4 is 0 Å². The van der Waals surface area contributed by atoms with Gasteiger partial charge in [0.2, 0.25) is 0 Å². The van der Waals surface area contributed by atoms with E-state index in [0.29, 0.717) is 12.8 Å². The quantitative estimate of drug-likeness (QED) is 0.451. The number of hydrogen-bond donors (Lipinski definition) is 0. The van der Waals surface area contributed by atoms with Gasteiger partial charge in [-0.05, 0) is 63.6 Å². The summed E-state index contributed by atoms with van der Waals surface area (Å²) in [4.78, 5) is 27.9. The maximum absolute atomic E-state index is 12.1. The van der Waals surface area contributed by atoms with Crippen molar-refractivity contribution in [3.63, 3.8) is 0 Å². The van der Waals surface area contributed by atoms with Gasteiger partial charge in [0.05, 0.1) is 6.61 Å². The van der Waals surface area contributed by atoms with Gasteiger partial charge in [-0.2, -0.15) is 4.99 Å². The van der Waals surface area contributed by atoms with Crippen molar-refractivity contribution in [3.8, 4) is 11.1 Å². The molecule has 0 aliphatic heterocycles. The van der Waals surface area contributed by atoms with Crippen LogP contribution in [0.5, 0.6) is 0 Å². The summed E-state index contributed by atoms with van der Waals surface area (Å²) in [5.74, 6) is -0.571. The number of aliphatic imine (C=N–C) groups is 1. The number of carbonyl (C=O) groups is 2. The minimum atomic E-state index is -0.771. The first-order valence-electron chi connectivity index (χ1n) is 9.90. The molecule has 2 rings (SSSR count). The number of rotatable bonds is 7. The van der Waals surface area contributed by atoms with Gasteiger partial charge in [0.25, 0.3) is 0 Å². The lowest BCUT2D eigenvalue weighted by molar-refractivity contribution is -0.135. The van der Waals surface area contributed by atoms with E-state index in [4.69, 9.17) is 9.47 Å². The number of esters is 1. The number of amides is 1. The Morgan fingerprint density at radius 1 is 0.931 bits per heavy atom. The molecule has 0 unspecified atom stereocenters. The Labute approximate surface area is 172 Å². The van der Waals surface area contributed by atoms with Crippen molar-refractivity contribution >= 4 is 17.8 Å². The first-order valence-corrected chi connectivity index (χ1v) is 9.90. The molecule has 2 aromatic rings. The third-order valence-electron chi connectivity index (χ3n) is 4.07. The Morgan fingerprint density at radius 3 is 2.14 bits per heavy atom. The van der Waals surface area contributed by atoms with E-state index in [1.165, 1.54) is 5.56 Å². The summed E-state index contributed by atoms with van der Waals surface area (Å²) in [6.07, 6.45) is 1.01. The van der Waals surface area contributed by atoms with Crippen LogP contribution >= 0.6 is 0 Å². The van der Waals surface area contributed by atoms with E-state index in [-0.39, 0.29) is 12.3 Å². The molecule has 0 bridgehead atoms. The molecule has 0 saturated heterocycles. The van der Waals surface area contributed by atoms with Gasteiger partial charge in [-0.1, -0.05) is 54.6 Å². The van der Waals surface area contributed by atoms with E-state index in [9.17, 15) is 9.59 Å². The van der Waals surface area contributed by atoms with Crippen molar-refractivity contribution in [2.45, 2.75) is 52.6 Å². The number of benzene rings is 2. The predicted octanol–water partition coefficient (Wildman–Crippen LogP) is 5.62. The zero-order valence-corrected chi connectivity index (χ0v) is 17.6. The lowest BCUT2D eigenvalue weighted by atomic mass is 10.0. The van der Waals surface area contributed by atoms with Crippen LogP contribution in [0.2, 0.25) is 0 Å². The van der Waals surface area contributed by atoms with Crippen LogP contribution in [0, 0.1) is 0 Å². The molecule has 0 aliphatic carbocycles. The van der Waals surface area contributed by atoms with Crippen molar-refractivity contribution < 1.29 is 19.1 Å². The molecule has 5 heteroatoms. The summed E-state index contributed by atoms with van der Waals surface area (Å²) >= 11 is 0. The first-order chi connectivity index (χ1) is 13.8. The Kier molecular flexibility index (Phi) is 8.13. The van der Waals surface area contributed by atoms with E-state index >= 15 is 0 Å². The second-order valence-corrected chi connectivity index (χ2v) is 7.68. The molecule has 5 nitrogen and oxygen atoms in total. The van der Waals surface area contributed by atoms with Crippen LogP contribution in [0.4, 0.5) is 4.79 Å². The van der Waals surface area contributed by atoms with Crippen molar-refractivity contribution in [2.75, 3.05) is 6.61 Å². The van der Waals surface area contributed by atoms with Gasteiger partial charge in [-0.25, -0.2) is 9.59 Å². The summed E-state index contributed by atoms with van der Waals surface area (Å²) in [6.45, 7) is 7.21. The van der Waals surface area contributed by atoms with E-state index < -0.39 is 17.7 Å². The monoisotopic (exact) mass is 395 g/mol. The zero-order valence-electron chi connectivity index (χ0n) is 17.6. The lowest BCUT2D eigenvalue weighted by Gasteiger charge is -2.17. The second kappa shape index (κ2) is 10.6. The minimum Gasteiger partial charge on any atom is -0.462 e. The van der Waals surface area contributed by atoms with Crippen molar-refractivity contribution in [1.82, 2.24) is 0 Å². The normalized spacial score (nSPS) is 11.8. The molecule has 1 amide bonds.